The first kappa shape index (κ1) is 8.29. The number of rotatable bonds is 1. The number of oxazole rings is 1. The van der Waals surface area contributed by atoms with Crippen molar-refractivity contribution in [2.75, 3.05) is 0 Å². The summed E-state index contributed by atoms with van der Waals surface area (Å²) in [5.41, 5.74) is 3.04. The molecule has 0 aliphatic carbocycles. The van der Waals surface area contributed by atoms with Crippen molar-refractivity contribution in [3.05, 3.63) is 42.4 Å². The fourth-order valence-electron chi connectivity index (χ4n) is 1.67. The van der Waals surface area contributed by atoms with Crippen molar-refractivity contribution in [2.24, 2.45) is 0 Å². The summed E-state index contributed by atoms with van der Waals surface area (Å²) in [5, 5.41) is 1.17. The second kappa shape index (κ2) is 2.98. The smallest absolute Gasteiger partial charge is 0.226 e. The van der Waals surface area contributed by atoms with Crippen LogP contribution in [0.2, 0.25) is 0 Å². The van der Waals surface area contributed by atoms with Crippen LogP contribution < -0.4 is 0 Å². The number of aromatic amines is 1. The summed E-state index contributed by atoms with van der Waals surface area (Å²) in [4.78, 5) is 7.45. The Morgan fingerprint density at radius 1 is 1.27 bits per heavy atom. The number of nitrogens with zero attached hydrogens (tertiary/aromatic N) is 1. The Labute approximate surface area is 86.8 Å². The van der Waals surface area contributed by atoms with Gasteiger partial charge < -0.3 is 9.40 Å². The topological polar surface area (TPSA) is 41.8 Å². The van der Waals surface area contributed by atoms with E-state index in [9.17, 15) is 0 Å². The summed E-state index contributed by atoms with van der Waals surface area (Å²) >= 11 is 0. The maximum Gasteiger partial charge on any atom is 0.226 e. The van der Waals surface area contributed by atoms with Gasteiger partial charge in [-0.05, 0) is 31.2 Å². The fourth-order valence-corrected chi connectivity index (χ4v) is 1.67. The molecule has 0 amide bonds. The summed E-state index contributed by atoms with van der Waals surface area (Å²) < 4.78 is 5.35. The Hall–Kier alpha value is -2.03. The van der Waals surface area contributed by atoms with Crippen LogP contribution in [0.25, 0.3) is 22.4 Å². The van der Waals surface area contributed by atoms with Gasteiger partial charge in [-0.15, -0.1) is 0 Å². The van der Waals surface area contributed by atoms with E-state index < -0.39 is 0 Å². The highest BCUT2D eigenvalue weighted by Gasteiger charge is 2.05. The predicted octanol–water partition coefficient (Wildman–Crippen LogP) is 3.13. The average molecular weight is 198 g/mol. The Kier molecular flexibility index (Phi) is 1.65. The molecule has 15 heavy (non-hydrogen) atoms. The SMILES string of the molecule is Cc1coc(-c2ccc3[nH]ccc3c2)n1. The summed E-state index contributed by atoms with van der Waals surface area (Å²) in [6.45, 7) is 1.92. The third-order valence-electron chi connectivity index (χ3n) is 2.42. The third kappa shape index (κ3) is 1.32. The van der Waals surface area contributed by atoms with Crippen LogP contribution in [0.3, 0.4) is 0 Å². The summed E-state index contributed by atoms with van der Waals surface area (Å²) in [5.74, 6) is 0.676. The first-order chi connectivity index (χ1) is 7.33. The molecule has 0 spiro atoms. The average Bonchev–Trinajstić information content (AvgIpc) is 2.84. The lowest BCUT2D eigenvalue weighted by Gasteiger charge is -1.95. The number of benzene rings is 1. The van der Waals surface area contributed by atoms with Crippen LogP contribution in [-0.2, 0) is 0 Å². The fraction of sp³-hybridized carbons (Fsp3) is 0.0833. The van der Waals surface area contributed by atoms with Crippen molar-refractivity contribution < 1.29 is 4.42 Å². The van der Waals surface area contributed by atoms with E-state index in [1.807, 2.05) is 31.3 Å². The van der Waals surface area contributed by atoms with Crippen molar-refractivity contribution >= 4 is 10.9 Å². The number of hydrogen-bond acceptors (Lipinski definition) is 2. The van der Waals surface area contributed by atoms with Crippen LogP contribution in [0.15, 0.2) is 41.1 Å². The molecule has 2 heterocycles. The van der Waals surface area contributed by atoms with Crippen LogP contribution in [-0.4, -0.2) is 9.97 Å². The third-order valence-corrected chi connectivity index (χ3v) is 2.42. The van der Waals surface area contributed by atoms with Crippen molar-refractivity contribution in [1.82, 2.24) is 9.97 Å². The normalized spacial score (nSPS) is 11.0. The number of hydrogen-bond donors (Lipinski definition) is 1. The van der Waals surface area contributed by atoms with Gasteiger partial charge in [-0.2, -0.15) is 0 Å². The second-order valence-corrected chi connectivity index (χ2v) is 3.57. The van der Waals surface area contributed by atoms with Crippen molar-refractivity contribution in [3.8, 4) is 11.5 Å². The van der Waals surface area contributed by atoms with E-state index in [4.69, 9.17) is 4.42 Å². The minimum Gasteiger partial charge on any atom is -0.444 e. The molecule has 0 unspecified atom stereocenters. The molecule has 0 radical (unpaired) electrons. The highest BCUT2D eigenvalue weighted by Crippen LogP contribution is 2.23. The van der Waals surface area contributed by atoms with Gasteiger partial charge >= 0.3 is 0 Å². The first-order valence-electron chi connectivity index (χ1n) is 4.82. The maximum atomic E-state index is 5.35. The molecule has 0 aliphatic heterocycles. The molecular formula is C12H10N2O. The van der Waals surface area contributed by atoms with Gasteiger partial charge in [-0.1, -0.05) is 0 Å². The van der Waals surface area contributed by atoms with Crippen LogP contribution in [0.5, 0.6) is 0 Å². The van der Waals surface area contributed by atoms with Gasteiger partial charge in [-0.3, -0.25) is 0 Å². The van der Waals surface area contributed by atoms with Gasteiger partial charge in [0, 0.05) is 22.7 Å². The minimum absolute atomic E-state index is 0.676. The van der Waals surface area contributed by atoms with Gasteiger partial charge in [-0.25, -0.2) is 4.98 Å². The summed E-state index contributed by atoms with van der Waals surface area (Å²) in [6.07, 6.45) is 3.59. The summed E-state index contributed by atoms with van der Waals surface area (Å²) in [6, 6.07) is 8.14. The number of fused-ring (bicyclic) bond motifs is 1. The molecule has 0 aliphatic rings. The zero-order valence-electron chi connectivity index (χ0n) is 8.32. The van der Waals surface area contributed by atoms with E-state index in [1.54, 1.807) is 6.26 Å². The highest BCUT2D eigenvalue weighted by molar-refractivity contribution is 5.83. The van der Waals surface area contributed by atoms with E-state index in [-0.39, 0.29) is 0 Å². The predicted molar refractivity (Wildman–Crippen MR) is 58.5 cm³/mol. The molecular weight excluding hydrogens is 188 g/mol. The zero-order chi connectivity index (χ0) is 10.3. The molecule has 3 nitrogen and oxygen atoms in total. The molecule has 1 N–H and O–H groups in total. The second-order valence-electron chi connectivity index (χ2n) is 3.57. The van der Waals surface area contributed by atoms with Crippen LogP contribution >= 0.6 is 0 Å². The van der Waals surface area contributed by atoms with Crippen LogP contribution in [0.4, 0.5) is 0 Å². The van der Waals surface area contributed by atoms with Gasteiger partial charge in [0.15, 0.2) is 0 Å². The van der Waals surface area contributed by atoms with E-state index in [0.29, 0.717) is 5.89 Å². The quantitative estimate of drug-likeness (QED) is 0.652. The molecule has 3 aromatic rings. The highest BCUT2D eigenvalue weighted by atomic mass is 16.3. The molecule has 0 saturated carbocycles. The molecule has 0 fully saturated rings. The number of H-pyrrole nitrogens is 1. The summed E-state index contributed by atoms with van der Waals surface area (Å²) in [7, 11) is 0. The molecule has 0 saturated heterocycles. The Morgan fingerprint density at radius 2 is 2.20 bits per heavy atom. The van der Waals surface area contributed by atoms with Crippen LogP contribution in [0, 0.1) is 6.92 Å². The molecule has 3 rings (SSSR count). The van der Waals surface area contributed by atoms with Gasteiger partial charge in [0.05, 0.1) is 5.69 Å². The molecule has 74 valence electrons. The lowest BCUT2D eigenvalue weighted by Crippen LogP contribution is -1.78. The van der Waals surface area contributed by atoms with Gasteiger partial charge in [0.25, 0.3) is 0 Å². The molecule has 0 bridgehead atoms. The van der Waals surface area contributed by atoms with E-state index in [0.717, 1.165) is 16.8 Å². The first-order valence-corrected chi connectivity index (χ1v) is 4.82. The minimum atomic E-state index is 0.676. The van der Waals surface area contributed by atoms with Gasteiger partial charge in [0.2, 0.25) is 5.89 Å². The van der Waals surface area contributed by atoms with Crippen molar-refractivity contribution in [2.45, 2.75) is 6.92 Å². The van der Waals surface area contributed by atoms with Gasteiger partial charge in [0.1, 0.15) is 6.26 Å². The zero-order valence-corrected chi connectivity index (χ0v) is 8.32. The standard InChI is InChI=1S/C12H10N2O/c1-8-7-15-12(14-8)10-2-3-11-9(6-10)4-5-13-11/h2-7,13H,1H3. The van der Waals surface area contributed by atoms with Crippen molar-refractivity contribution in [3.63, 3.8) is 0 Å². The Balaban J connectivity index is 2.18. The van der Waals surface area contributed by atoms with E-state index >= 15 is 0 Å². The Bertz CT molecular complexity index is 607. The molecule has 2 aromatic heterocycles. The molecule has 1 aromatic carbocycles. The molecule has 3 heteroatoms. The lowest BCUT2D eigenvalue weighted by molar-refractivity contribution is 0.573. The maximum absolute atomic E-state index is 5.35. The number of aryl methyl sites for hydroxylation is 1. The van der Waals surface area contributed by atoms with Crippen molar-refractivity contribution in [1.29, 1.82) is 0 Å². The van der Waals surface area contributed by atoms with Crippen LogP contribution in [0.1, 0.15) is 5.69 Å². The largest absolute Gasteiger partial charge is 0.444 e. The Morgan fingerprint density at radius 3 is 3.00 bits per heavy atom. The molecule has 0 atom stereocenters. The number of aromatic nitrogens is 2. The number of nitrogens with one attached hydrogen (secondary N) is 1. The monoisotopic (exact) mass is 198 g/mol. The van der Waals surface area contributed by atoms with E-state index in [2.05, 4.69) is 16.0 Å². The lowest BCUT2D eigenvalue weighted by atomic mass is 10.1. The van der Waals surface area contributed by atoms with E-state index in [1.165, 1.54) is 5.39 Å².